The Kier molecular flexibility index (Phi) is 3.58. The first kappa shape index (κ1) is 13.9. The lowest BCUT2D eigenvalue weighted by atomic mass is 9.94. The van der Waals surface area contributed by atoms with Crippen molar-refractivity contribution in [2.45, 2.75) is 26.7 Å². The van der Waals surface area contributed by atoms with Crippen LogP contribution in [0.4, 0.5) is 5.82 Å². The molecule has 0 bridgehead atoms. The molecule has 1 aromatic carbocycles. The lowest BCUT2D eigenvalue weighted by Crippen LogP contribution is -1.97. The van der Waals surface area contributed by atoms with E-state index < -0.39 is 0 Å². The van der Waals surface area contributed by atoms with Crippen molar-refractivity contribution in [3.63, 3.8) is 0 Å². The Bertz CT molecular complexity index is 613. The van der Waals surface area contributed by atoms with E-state index >= 15 is 0 Å². The molecule has 0 atom stereocenters. The number of aryl methyl sites for hydroxylation is 1. The maximum atomic E-state index is 10.5. The van der Waals surface area contributed by atoms with Gasteiger partial charge in [0.25, 0.3) is 0 Å². The van der Waals surface area contributed by atoms with Crippen LogP contribution in [0.3, 0.4) is 0 Å². The molecule has 4 nitrogen and oxygen atoms in total. The zero-order valence-electron chi connectivity index (χ0n) is 11.5. The fourth-order valence-electron chi connectivity index (χ4n) is 2.11. The molecule has 102 valence electrons. The minimum Gasteiger partial charge on any atom is -0.507 e. The average molecular weight is 324 g/mol. The highest BCUT2D eigenvalue weighted by atomic mass is 79.9. The summed E-state index contributed by atoms with van der Waals surface area (Å²) < 4.78 is 2.57. The van der Waals surface area contributed by atoms with Crippen LogP contribution in [-0.2, 0) is 7.05 Å². The van der Waals surface area contributed by atoms with E-state index in [1.54, 1.807) is 17.8 Å². The third-order valence-electron chi connectivity index (χ3n) is 3.32. The maximum Gasteiger partial charge on any atom is 0.128 e. The van der Waals surface area contributed by atoms with Gasteiger partial charge in [0.15, 0.2) is 0 Å². The first-order valence-corrected chi connectivity index (χ1v) is 6.94. The van der Waals surface area contributed by atoms with Crippen molar-refractivity contribution in [1.82, 2.24) is 9.78 Å². The fraction of sp³-hybridized carbons (Fsp3) is 0.357. The second-order valence-corrected chi connectivity index (χ2v) is 5.88. The van der Waals surface area contributed by atoms with E-state index in [1.165, 1.54) is 0 Å². The van der Waals surface area contributed by atoms with E-state index in [2.05, 4.69) is 21.0 Å². The number of nitrogen functional groups attached to an aromatic ring is 1. The Labute approximate surface area is 121 Å². The van der Waals surface area contributed by atoms with Gasteiger partial charge in [0.2, 0.25) is 0 Å². The number of halogens is 1. The molecule has 19 heavy (non-hydrogen) atoms. The molecule has 0 aliphatic heterocycles. The zero-order chi connectivity index (χ0) is 14.3. The van der Waals surface area contributed by atoms with E-state index in [-0.39, 0.29) is 11.7 Å². The monoisotopic (exact) mass is 323 g/mol. The van der Waals surface area contributed by atoms with Crippen molar-refractivity contribution in [2.75, 3.05) is 5.73 Å². The van der Waals surface area contributed by atoms with Crippen LogP contribution in [0.15, 0.2) is 16.6 Å². The van der Waals surface area contributed by atoms with E-state index in [1.807, 2.05) is 26.8 Å². The molecule has 0 aliphatic carbocycles. The van der Waals surface area contributed by atoms with Crippen LogP contribution in [0.1, 0.15) is 30.9 Å². The summed E-state index contributed by atoms with van der Waals surface area (Å²) in [5.74, 6) is 1.09. The van der Waals surface area contributed by atoms with Crippen molar-refractivity contribution < 1.29 is 5.11 Å². The average Bonchev–Trinajstić information content (AvgIpc) is 2.64. The molecular weight excluding hydrogens is 306 g/mol. The molecule has 5 heteroatoms. The Balaban J connectivity index is 2.74. The van der Waals surface area contributed by atoms with E-state index in [0.29, 0.717) is 11.5 Å². The molecular formula is C14H18BrN3O. The number of phenolic OH excluding ortho intramolecular Hbond substituents is 1. The standard InChI is InChI=1S/C14H18BrN3O/c1-7(2)9-5-10(15)8(3)13(14(9)19)11-6-12(16)18(4)17-11/h5-7,19H,16H2,1-4H3. The number of phenols is 1. The summed E-state index contributed by atoms with van der Waals surface area (Å²) in [6, 6.07) is 3.74. The van der Waals surface area contributed by atoms with E-state index in [9.17, 15) is 5.11 Å². The van der Waals surface area contributed by atoms with Gasteiger partial charge in [0, 0.05) is 23.2 Å². The van der Waals surface area contributed by atoms with Gasteiger partial charge in [-0.1, -0.05) is 29.8 Å². The van der Waals surface area contributed by atoms with Crippen molar-refractivity contribution in [3.8, 4) is 17.0 Å². The third kappa shape index (κ3) is 2.34. The Morgan fingerprint density at radius 3 is 2.47 bits per heavy atom. The zero-order valence-corrected chi connectivity index (χ0v) is 13.1. The van der Waals surface area contributed by atoms with Gasteiger partial charge in [-0.3, -0.25) is 4.68 Å². The second-order valence-electron chi connectivity index (χ2n) is 5.03. The number of anilines is 1. The van der Waals surface area contributed by atoms with Gasteiger partial charge in [-0.15, -0.1) is 0 Å². The second kappa shape index (κ2) is 4.89. The van der Waals surface area contributed by atoms with Crippen LogP contribution in [0.5, 0.6) is 5.75 Å². The number of benzene rings is 1. The normalized spacial score (nSPS) is 11.3. The lowest BCUT2D eigenvalue weighted by Gasteiger charge is -2.15. The molecule has 0 unspecified atom stereocenters. The predicted octanol–water partition coefficient (Wildman–Crippen LogP) is 3.57. The Hall–Kier alpha value is -1.49. The maximum absolute atomic E-state index is 10.5. The van der Waals surface area contributed by atoms with Crippen molar-refractivity contribution >= 4 is 21.7 Å². The molecule has 3 N–H and O–H groups in total. The molecule has 1 heterocycles. The lowest BCUT2D eigenvalue weighted by molar-refractivity contribution is 0.466. The molecule has 0 saturated heterocycles. The number of hydrogen-bond donors (Lipinski definition) is 2. The van der Waals surface area contributed by atoms with Gasteiger partial charge in [0.05, 0.1) is 5.69 Å². The highest BCUT2D eigenvalue weighted by Crippen LogP contribution is 2.41. The predicted molar refractivity (Wildman–Crippen MR) is 81.2 cm³/mol. The Morgan fingerprint density at radius 1 is 1.37 bits per heavy atom. The quantitative estimate of drug-likeness (QED) is 0.888. The number of aromatic hydroxyl groups is 1. The van der Waals surface area contributed by atoms with E-state index in [0.717, 1.165) is 21.2 Å². The summed E-state index contributed by atoms with van der Waals surface area (Å²) in [4.78, 5) is 0. The van der Waals surface area contributed by atoms with Crippen molar-refractivity contribution in [3.05, 3.63) is 27.7 Å². The van der Waals surface area contributed by atoms with Gasteiger partial charge < -0.3 is 10.8 Å². The van der Waals surface area contributed by atoms with Crippen LogP contribution in [0.25, 0.3) is 11.3 Å². The number of rotatable bonds is 2. The van der Waals surface area contributed by atoms with Gasteiger partial charge in [0.1, 0.15) is 11.6 Å². The molecule has 1 aromatic heterocycles. The fourth-order valence-corrected chi connectivity index (χ4v) is 2.56. The smallest absolute Gasteiger partial charge is 0.128 e. The van der Waals surface area contributed by atoms with Crippen molar-refractivity contribution in [2.24, 2.45) is 7.05 Å². The molecule has 0 spiro atoms. The highest BCUT2D eigenvalue weighted by Gasteiger charge is 2.19. The third-order valence-corrected chi connectivity index (χ3v) is 4.14. The topological polar surface area (TPSA) is 64.1 Å². The van der Waals surface area contributed by atoms with Crippen molar-refractivity contribution in [1.29, 1.82) is 0 Å². The minimum absolute atomic E-state index is 0.233. The van der Waals surface area contributed by atoms with Crippen LogP contribution >= 0.6 is 15.9 Å². The molecule has 0 fully saturated rings. The molecule has 0 saturated carbocycles. The molecule has 0 radical (unpaired) electrons. The van der Waals surface area contributed by atoms with Crippen LogP contribution in [0, 0.1) is 6.92 Å². The first-order chi connectivity index (χ1) is 8.82. The van der Waals surface area contributed by atoms with Crippen LogP contribution < -0.4 is 5.73 Å². The van der Waals surface area contributed by atoms with Crippen LogP contribution in [-0.4, -0.2) is 14.9 Å². The highest BCUT2D eigenvalue weighted by molar-refractivity contribution is 9.10. The van der Waals surface area contributed by atoms with Crippen LogP contribution in [0.2, 0.25) is 0 Å². The van der Waals surface area contributed by atoms with Gasteiger partial charge in [-0.05, 0) is 30.0 Å². The largest absolute Gasteiger partial charge is 0.507 e. The summed E-state index contributed by atoms with van der Waals surface area (Å²) in [6.07, 6.45) is 0. The summed E-state index contributed by atoms with van der Waals surface area (Å²) in [7, 11) is 1.78. The van der Waals surface area contributed by atoms with Gasteiger partial charge >= 0.3 is 0 Å². The number of nitrogens with two attached hydrogens (primary N) is 1. The molecule has 0 aliphatic rings. The SMILES string of the molecule is Cc1c(Br)cc(C(C)C)c(O)c1-c1cc(N)n(C)n1. The number of nitrogens with zero attached hydrogens (tertiary/aromatic N) is 2. The van der Waals surface area contributed by atoms with Gasteiger partial charge in [-0.2, -0.15) is 5.10 Å². The summed E-state index contributed by atoms with van der Waals surface area (Å²) in [5, 5.41) is 14.9. The number of aromatic nitrogens is 2. The summed E-state index contributed by atoms with van der Waals surface area (Å²) in [5.41, 5.74) is 9.11. The Morgan fingerprint density at radius 2 is 2.00 bits per heavy atom. The minimum atomic E-state index is 0.233. The molecule has 0 amide bonds. The molecule has 2 rings (SSSR count). The summed E-state index contributed by atoms with van der Waals surface area (Å²) in [6.45, 7) is 6.05. The molecule has 2 aromatic rings. The summed E-state index contributed by atoms with van der Waals surface area (Å²) >= 11 is 3.55. The first-order valence-electron chi connectivity index (χ1n) is 6.14. The number of hydrogen-bond acceptors (Lipinski definition) is 3. The van der Waals surface area contributed by atoms with Gasteiger partial charge in [-0.25, -0.2) is 0 Å². The van der Waals surface area contributed by atoms with E-state index in [4.69, 9.17) is 5.73 Å².